The molecule has 0 aromatic heterocycles. The zero-order valence-electron chi connectivity index (χ0n) is 9.29. The van der Waals surface area contributed by atoms with E-state index in [1.807, 2.05) is 7.05 Å². The molecule has 0 bridgehead atoms. The molecule has 0 aliphatic heterocycles. The van der Waals surface area contributed by atoms with E-state index in [4.69, 9.17) is 5.84 Å². The van der Waals surface area contributed by atoms with Gasteiger partial charge in [-0.1, -0.05) is 19.8 Å². The van der Waals surface area contributed by atoms with Crippen LogP contribution in [0.15, 0.2) is 4.99 Å². The van der Waals surface area contributed by atoms with E-state index >= 15 is 0 Å². The van der Waals surface area contributed by atoms with Crippen LogP contribution in [-0.4, -0.2) is 30.5 Å². The molecule has 0 spiro atoms. The Morgan fingerprint density at radius 1 is 1.50 bits per heavy atom. The first-order valence-electron chi connectivity index (χ1n) is 5.53. The van der Waals surface area contributed by atoms with E-state index in [1.54, 1.807) is 0 Å². The predicted octanol–water partition coefficient (Wildman–Crippen LogP) is 1.09. The number of aliphatic imine (C=N–C) groups is 1. The summed E-state index contributed by atoms with van der Waals surface area (Å²) >= 11 is 0. The number of hydrogen-bond acceptors (Lipinski definition) is 2. The summed E-state index contributed by atoms with van der Waals surface area (Å²) in [6.07, 6.45) is 6.16. The van der Waals surface area contributed by atoms with Crippen LogP contribution in [0.25, 0.3) is 0 Å². The normalized spacial score (nSPS) is 16.9. The van der Waals surface area contributed by atoms with Gasteiger partial charge >= 0.3 is 0 Å². The smallest absolute Gasteiger partial charge is 0.208 e. The Kier molecular flexibility index (Phi) is 4.73. The fourth-order valence-corrected chi connectivity index (χ4v) is 1.33. The van der Waals surface area contributed by atoms with Crippen LogP contribution < -0.4 is 11.3 Å². The maximum atomic E-state index is 5.43. The van der Waals surface area contributed by atoms with Crippen LogP contribution in [0.4, 0.5) is 0 Å². The topological polar surface area (TPSA) is 53.6 Å². The van der Waals surface area contributed by atoms with Crippen LogP contribution in [0.3, 0.4) is 0 Å². The van der Waals surface area contributed by atoms with Crippen molar-refractivity contribution in [2.24, 2.45) is 10.8 Å². The summed E-state index contributed by atoms with van der Waals surface area (Å²) in [7, 11) is 2.04. The van der Waals surface area contributed by atoms with Crippen molar-refractivity contribution in [1.29, 1.82) is 0 Å². The Morgan fingerprint density at radius 2 is 2.21 bits per heavy atom. The summed E-state index contributed by atoms with van der Waals surface area (Å²) in [5.74, 6) is 6.27. The van der Waals surface area contributed by atoms with Crippen molar-refractivity contribution >= 4 is 5.96 Å². The quantitative estimate of drug-likeness (QED) is 0.229. The van der Waals surface area contributed by atoms with Crippen molar-refractivity contribution in [2.75, 3.05) is 13.6 Å². The lowest BCUT2D eigenvalue weighted by molar-refractivity contribution is 0.457. The molecule has 4 heteroatoms. The minimum absolute atomic E-state index is 0.523. The first kappa shape index (κ1) is 11.3. The summed E-state index contributed by atoms with van der Waals surface area (Å²) in [6, 6.07) is 0.523. The number of hydrazine groups is 1. The number of rotatable bonds is 5. The van der Waals surface area contributed by atoms with Gasteiger partial charge in [0.1, 0.15) is 0 Å². The number of hydrogen-bond donors (Lipinski definition) is 2. The molecule has 3 N–H and O–H groups in total. The van der Waals surface area contributed by atoms with Crippen molar-refractivity contribution in [3.05, 3.63) is 0 Å². The number of nitrogens with zero attached hydrogens (tertiary/aromatic N) is 2. The fourth-order valence-electron chi connectivity index (χ4n) is 1.33. The number of unbranched alkanes of at least 4 members (excludes halogenated alkanes) is 2. The zero-order valence-corrected chi connectivity index (χ0v) is 9.29. The molecule has 1 aliphatic carbocycles. The highest BCUT2D eigenvalue weighted by molar-refractivity contribution is 5.79. The number of guanidine groups is 1. The van der Waals surface area contributed by atoms with E-state index in [9.17, 15) is 0 Å². The Morgan fingerprint density at radius 3 is 2.71 bits per heavy atom. The van der Waals surface area contributed by atoms with Gasteiger partial charge in [0.2, 0.25) is 5.96 Å². The highest BCUT2D eigenvalue weighted by Crippen LogP contribution is 2.23. The third-order valence-corrected chi connectivity index (χ3v) is 2.44. The lowest BCUT2D eigenvalue weighted by Crippen LogP contribution is -2.43. The number of nitrogens with one attached hydrogen (secondary N) is 1. The third-order valence-electron chi connectivity index (χ3n) is 2.44. The van der Waals surface area contributed by atoms with Crippen molar-refractivity contribution in [2.45, 2.75) is 45.1 Å². The Bertz CT molecular complexity index is 187. The third kappa shape index (κ3) is 3.96. The van der Waals surface area contributed by atoms with Gasteiger partial charge in [-0.05, 0) is 19.3 Å². The lowest BCUT2D eigenvalue weighted by atomic mass is 10.2. The molecule has 0 atom stereocenters. The van der Waals surface area contributed by atoms with Gasteiger partial charge in [0, 0.05) is 13.6 Å². The minimum atomic E-state index is 0.523. The Hall–Kier alpha value is -0.770. The van der Waals surface area contributed by atoms with Crippen LogP contribution in [0, 0.1) is 0 Å². The van der Waals surface area contributed by atoms with Crippen LogP contribution in [0.1, 0.15) is 39.0 Å². The second-order valence-corrected chi connectivity index (χ2v) is 3.96. The molecule has 82 valence electrons. The van der Waals surface area contributed by atoms with Crippen LogP contribution >= 0.6 is 0 Å². The molecule has 4 nitrogen and oxygen atoms in total. The SMILES string of the molecule is CCCCCN(C)C(=NC1CC1)NN. The van der Waals surface area contributed by atoms with Crippen molar-refractivity contribution in [1.82, 2.24) is 10.3 Å². The summed E-state index contributed by atoms with van der Waals surface area (Å²) in [5, 5.41) is 0. The summed E-state index contributed by atoms with van der Waals surface area (Å²) < 4.78 is 0. The molecule has 0 aromatic carbocycles. The van der Waals surface area contributed by atoms with Crippen molar-refractivity contribution < 1.29 is 0 Å². The molecule has 0 unspecified atom stereocenters. The van der Waals surface area contributed by atoms with E-state index in [2.05, 4.69) is 22.2 Å². The van der Waals surface area contributed by atoms with E-state index < -0.39 is 0 Å². The average molecular weight is 198 g/mol. The molecule has 0 amide bonds. The van der Waals surface area contributed by atoms with Crippen LogP contribution in [0.5, 0.6) is 0 Å². The molecule has 0 heterocycles. The second kappa shape index (κ2) is 5.86. The molecular weight excluding hydrogens is 176 g/mol. The monoisotopic (exact) mass is 198 g/mol. The lowest BCUT2D eigenvalue weighted by Gasteiger charge is -2.20. The molecule has 1 saturated carbocycles. The van der Waals surface area contributed by atoms with Crippen molar-refractivity contribution in [3.8, 4) is 0 Å². The second-order valence-electron chi connectivity index (χ2n) is 3.96. The van der Waals surface area contributed by atoms with Crippen LogP contribution in [0.2, 0.25) is 0 Å². The molecule has 14 heavy (non-hydrogen) atoms. The van der Waals surface area contributed by atoms with Gasteiger partial charge in [0.05, 0.1) is 6.04 Å². The predicted molar refractivity (Wildman–Crippen MR) is 59.9 cm³/mol. The van der Waals surface area contributed by atoms with Gasteiger partial charge < -0.3 is 4.90 Å². The highest BCUT2D eigenvalue weighted by Gasteiger charge is 2.21. The van der Waals surface area contributed by atoms with Gasteiger partial charge in [0.15, 0.2) is 0 Å². The molecule has 1 fully saturated rings. The molecule has 0 aromatic rings. The zero-order chi connectivity index (χ0) is 10.4. The molecule has 1 aliphatic rings. The van der Waals surface area contributed by atoms with Gasteiger partial charge in [0.25, 0.3) is 0 Å². The van der Waals surface area contributed by atoms with Gasteiger partial charge in [-0.2, -0.15) is 0 Å². The Balaban J connectivity index is 2.27. The molecule has 1 rings (SSSR count). The largest absolute Gasteiger partial charge is 0.345 e. The molecule has 0 saturated heterocycles. The Labute approximate surface area is 86.5 Å². The standard InChI is InChI=1S/C10H22N4/c1-3-4-5-8-14(2)10(13-11)12-9-6-7-9/h9H,3-8,11H2,1-2H3,(H,12,13). The first-order valence-corrected chi connectivity index (χ1v) is 5.53. The van der Waals surface area contributed by atoms with Gasteiger partial charge in [-0.15, -0.1) is 0 Å². The maximum absolute atomic E-state index is 5.43. The van der Waals surface area contributed by atoms with E-state index in [1.165, 1.54) is 32.1 Å². The summed E-state index contributed by atoms with van der Waals surface area (Å²) in [6.45, 7) is 3.24. The average Bonchev–Trinajstić information content (AvgIpc) is 2.98. The number of nitrogens with two attached hydrogens (primary N) is 1. The molecule has 0 radical (unpaired) electrons. The van der Waals surface area contributed by atoms with Gasteiger partial charge in [-0.25, -0.2) is 10.8 Å². The highest BCUT2D eigenvalue weighted by atomic mass is 15.4. The fraction of sp³-hybridized carbons (Fsp3) is 0.900. The van der Waals surface area contributed by atoms with E-state index in [0.717, 1.165) is 12.5 Å². The van der Waals surface area contributed by atoms with E-state index in [0.29, 0.717) is 6.04 Å². The van der Waals surface area contributed by atoms with Crippen molar-refractivity contribution in [3.63, 3.8) is 0 Å². The van der Waals surface area contributed by atoms with E-state index in [-0.39, 0.29) is 0 Å². The summed E-state index contributed by atoms with van der Waals surface area (Å²) in [4.78, 5) is 6.60. The summed E-state index contributed by atoms with van der Waals surface area (Å²) in [5.41, 5.74) is 2.68. The van der Waals surface area contributed by atoms with Gasteiger partial charge in [-0.3, -0.25) is 5.43 Å². The maximum Gasteiger partial charge on any atom is 0.208 e. The minimum Gasteiger partial charge on any atom is -0.345 e. The van der Waals surface area contributed by atoms with Crippen LogP contribution in [-0.2, 0) is 0 Å². The molecular formula is C10H22N4. The first-order chi connectivity index (χ1) is 6.77.